The van der Waals surface area contributed by atoms with Gasteiger partial charge in [-0.2, -0.15) is 0 Å². The van der Waals surface area contributed by atoms with Gasteiger partial charge in [0.15, 0.2) is 6.29 Å². The Morgan fingerprint density at radius 2 is 2.50 bits per heavy atom. The number of halogens is 1. The van der Waals surface area contributed by atoms with Gasteiger partial charge in [-0.25, -0.2) is 4.39 Å². The number of carbonyl (C=O) groups excluding carboxylic acids is 1. The van der Waals surface area contributed by atoms with E-state index in [1.807, 2.05) is 0 Å². The summed E-state index contributed by atoms with van der Waals surface area (Å²) >= 11 is 0. The Balaban J connectivity index is 1.95. The first-order chi connectivity index (χ1) is 7.83. The largest absolute Gasteiger partial charge is 0.296 e. The van der Waals surface area contributed by atoms with Gasteiger partial charge in [0.1, 0.15) is 12.4 Å². The molecule has 0 aromatic carbocycles. The lowest BCUT2D eigenvalue weighted by atomic mass is 10.2. The Labute approximate surface area is 93.2 Å². The van der Waals surface area contributed by atoms with Crippen LogP contribution in [-0.2, 0) is 6.54 Å². The molecule has 16 heavy (non-hydrogen) atoms. The number of aromatic nitrogens is 3. The Hall–Kier alpha value is -1.30. The fourth-order valence-electron chi connectivity index (χ4n) is 2.18. The maximum atomic E-state index is 12.3. The third kappa shape index (κ3) is 2.44. The molecular weight excluding hydrogens is 211 g/mol. The van der Waals surface area contributed by atoms with Crippen molar-refractivity contribution in [3.05, 3.63) is 11.9 Å². The second-order valence-corrected chi connectivity index (χ2v) is 4.00. The lowest BCUT2D eigenvalue weighted by Gasteiger charge is -2.22. The SMILES string of the molecule is O=Cc1cn(C[C@@H]2CCCN2CCF)nn1. The summed E-state index contributed by atoms with van der Waals surface area (Å²) in [5, 5.41) is 7.56. The van der Waals surface area contributed by atoms with Crippen molar-refractivity contribution < 1.29 is 9.18 Å². The lowest BCUT2D eigenvalue weighted by Crippen LogP contribution is -2.34. The molecular formula is C10H15FN4O. The van der Waals surface area contributed by atoms with Crippen LogP contribution in [-0.4, -0.2) is 52.0 Å². The lowest BCUT2D eigenvalue weighted by molar-refractivity contribution is 0.111. The van der Waals surface area contributed by atoms with Gasteiger partial charge >= 0.3 is 0 Å². The van der Waals surface area contributed by atoms with Crippen LogP contribution in [0.15, 0.2) is 6.20 Å². The van der Waals surface area contributed by atoms with Crippen LogP contribution in [0.2, 0.25) is 0 Å². The second kappa shape index (κ2) is 5.16. The first-order valence-corrected chi connectivity index (χ1v) is 5.49. The van der Waals surface area contributed by atoms with Crippen LogP contribution in [0, 0.1) is 0 Å². The molecule has 0 amide bonds. The zero-order chi connectivity index (χ0) is 11.4. The molecule has 5 nitrogen and oxygen atoms in total. The van der Waals surface area contributed by atoms with Gasteiger partial charge in [0.05, 0.1) is 12.7 Å². The molecule has 1 saturated heterocycles. The average molecular weight is 226 g/mol. The van der Waals surface area contributed by atoms with Crippen LogP contribution in [0.25, 0.3) is 0 Å². The molecule has 1 aromatic heterocycles. The maximum Gasteiger partial charge on any atom is 0.171 e. The maximum absolute atomic E-state index is 12.3. The first kappa shape index (κ1) is 11.2. The van der Waals surface area contributed by atoms with Gasteiger partial charge in [0.2, 0.25) is 0 Å². The second-order valence-electron chi connectivity index (χ2n) is 4.00. The van der Waals surface area contributed by atoms with Crippen molar-refractivity contribution in [3.8, 4) is 0 Å². The molecule has 0 unspecified atom stereocenters. The van der Waals surface area contributed by atoms with Gasteiger partial charge in [-0.05, 0) is 19.4 Å². The molecule has 1 fully saturated rings. The highest BCUT2D eigenvalue weighted by Crippen LogP contribution is 2.18. The molecule has 0 bridgehead atoms. The zero-order valence-corrected chi connectivity index (χ0v) is 9.05. The van der Waals surface area contributed by atoms with Gasteiger partial charge in [0.25, 0.3) is 0 Å². The van der Waals surface area contributed by atoms with Crippen LogP contribution in [0.4, 0.5) is 4.39 Å². The molecule has 1 aliphatic rings. The summed E-state index contributed by atoms with van der Waals surface area (Å²) in [7, 11) is 0. The van der Waals surface area contributed by atoms with Crippen molar-refractivity contribution in [2.24, 2.45) is 0 Å². The van der Waals surface area contributed by atoms with E-state index in [0.717, 1.165) is 19.4 Å². The van der Waals surface area contributed by atoms with E-state index in [4.69, 9.17) is 0 Å². The highest BCUT2D eigenvalue weighted by Gasteiger charge is 2.24. The normalized spacial score (nSPS) is 21.4. The molecule has 0 radical (unpaired) electrons. The summed E-state index contributed by atoms with van der Waals surface area (Å²) in [4.78, 5) is 12.6. The number of carbonyl (C=O) groups is 1. The smallest absolute Gasteiger partial charge is 0.171 e. The summed E-state index contributed by atoms with van der Waals surface area (Å²) < 4.78 is 14.0. The number of likely N-dealkylation sites (tertiary alicyclic amines) is 1. The van der Waals surface area contributed by atoms with E-state index >= 15 is 0 Å². The van der Waals surface area contributed by atoms with Gasteiger partial charge < -0.3 is 0 Å². The van der Waals surface area contributed by atoms with Crippen molar-refractivity contribution in [2.75, 3.05) is 19.8 Å². The van der Waals surface area contributed by atoms with E-state index in [1.165, 1.54) is 0 Å². The van der Waals surface area contributed by atoms with Crippen molar-refractivity contribution in [1.82, 2.24) is 19.9 Å². The molecule has 0 N–H and O–H groups in total. The van der Waals surface area contributed by atoms with Gasteiger partial charge in [-0.3, -0.25) is 14.4 Å². The fraction of sp³-hybridized carbons (Fsp3) is 0.700. The number of hydrogen-bond donors (Lipinski definition) is 0. The van der Waals surface area contributed by atoms with Crippen LogP contribution >= 0.6 is 0 Å². The molecule has 1 aromatic rings. The van der Waals surface area contributed by atoms with Gasteiger partial charge in [-0.1, -0.05) is 5.21 Å². The van der Waals surface area contributed by atoms with E-state index < -0.39 is 0 Å². The Morgan fingerprint density at radius 3 is 3.19 bits per heavy atom. The van der Waals surface area contributed by atoms with Crippen LogP contribution in [0.3, 0.4) is 0 Å². The highest BCUT2D eigenvalue weighted by molar-refractivity contribution is 5.70. The number of aldehydes is 1. The number of alkyl halides is 1. The molecule has 1 atom stereocenters. The summed E-state index contributed by atoms with van der Waals surface area (Å²) in [6.07, 6.45) is 4.45. The minimum atomic E-state index is -0.312. The summed E-state index contributed by atoms with van der Waals surface area (Å²) in [5.41, 5.74) is 0.343. The third-order valence-corrected chi connectivity index (χ3v) is 2.95. The summed E-state index contributed by atoms with van der Waals surface area (Å²) in [6.45, 7) is 1.80. The minimum absolute atomic E-state index is 0.312. The van der Waals surface area contributed by atoms with Gasteiger partial charge in [-0.15, -0.1) is 5.10 Å². The van der Waals surface area contributed by atoms with Crippen LogP contribution in [0.1, 0.15) is 23.3 Å². The van der Waals surface area contributed by atoms with Crippen molar-refractivity contribution in [2.45, 2.75) is 25.4 Å². The number of nitrogens with zero attached hydrogens (tertiary/aromatic N) is 4. The number of rotatable bonds is 5. The standard InChI is InChI=1S/C10H15FN4O/c11-3-5-14-4-1-2-10(14)7-15-6-9(8-16)12-13-15/h6,8,10H,1-5,7H2/t10-/m0/s1. The number of hydrogen-bond acceptors (Lipinski definition) is 4. The summed E-state index contributed by atoms with van der Waals surface area (Å²) in [6, 6.07) is 0.317. The Bertz CT molecular complexity index is 354. The first-order valence-electron chi connectivity index (χ1n) is 5.49. The predicted molar refractivity (Wildman–Crippen MR) is 56.0 cm³/mol. The van der Waals surface area contributed by atoms with E-state index in [1.54, 1.807) is 10.9 Å². The molecule has 0 spiro atoms. The molecule has 2 rings (SSSR count). The quantitative estimate of drug-likeness (QED) is 0.687. The summed E-state index contributed by atoms with van der Waals surface area (Å²) in [5.74, 6) is 0. The highest BCUT2D eigenvalue weighted by atomic mass is 19.1. The zero-order valence-electron chi connectivity index (χ0n) is 9.05. The topological polar surface area (TPSA) is 51.0 Å². The molecule has 88 valence electrons. The van der Waals surface area contributed by atoms with E-state index in [2.05, 4.69) is 15.2 Å². The van der Waals surface area contributed by atoms with Crippen molar-refractivity contribution in [3.63, 3.8) is 0 Å². The van der Waals surface area contributed by atoms with Crippen LogP contribution in [0.5, 0.6) is 0 Å². The molecule has 6 heteroatoms. The van der Waals surface area contributed by atoms with E-state index in [9.17, 15) is 9.18 Å². The van der Waals surface area contributed by atoms with Crippen molar-refractivity contribution in [1.29, 1.82) is 0 Å². The fourth-order valence-corrected chi connectivity index (χ4v) is 2.18. The Morgan fingerprint density at radius 1 is 1.62 bits per heavy atom. The minimum Gasteiger partial charge on any atom is -0.296 e. The van der Waals surface area contributed by atoms with Crippen molar-refractivity contribution >= 4 is 6.29 Å². The van der Waals surface area contributed by atoms with Crippen LogP contribution < -0.4 is 0 Å². The van der Waals surface area contributed by atoms with E-state index in [0.29, 0.717) is 31.1 Å². The molecule has 1 aliphatic heterocycles. The Kier molecular flexibility index (Phi) is 3.61. The van der Waals surface area contributed by atoms with E-state index in [-0.39, 0.29) is 6.67 Å². The molecule has 0 saturated carbocycles. The molecule has 0 aliphatic carbocycles. The predicted octanol–water partition coefficient (Wildman–Crippen LogP) is 0.524. The average Bonchev–Trinajstić information content (AvgIpc) is 2.90. The third-order valence-electron chi connectivity index (χ3n) is 2.95. The monoisotopic (exact) mass is 226 g/mol. The molecule has 2 heterocycles. The van der Waals surface area contributed by atoms with Gasteiger partial charge in [0, 0.05) is 12.6 Å².